The van der Waals surface area contributed by atoms with Crippen molar-refractivity contribution in [2.45, 2.75) is 4.90 Å². The predicted molar refractivity (Wildman–Crippen MR) is 80.6 cm³/mol. The van der Waals surface area contributed by atoms with Gasteiger partial charge in [0, 0.05) is 25.8 Å². The van der Waals surface area contributed by atoms with Crippen molar-refractivity contribution in [3.63, 3.8) is 0 Å². The Morgan fingerprint density at radius 3 is 2.35 bits per heavy atom. The molecule has 0 spiro atoms. The standard InChI is InChI=1S/C13H23N3O3S/c1-14-12-4-6-13(7-5-12)20(17,18)15-8-10-19-11-9-16(2)3/h4-7,14-15H,8-11H2,1-3H3. The molecular weight excluding hydrogens is 278 g/mol. The number of rotatable bonds is 9. The molecule has 0 unspecified atom stereocenters. The Kier molecular flexibility index (Phi) is 6.94. The minimum Gasteiger partial charge on any atom is -0.388 e. The van der Waals surface area contributed by atoms with Crippen LogP contribution in [0.5, 0.6) is 0 Å². The van der Waals surface area contributed by atoms with Crippen LogP contribution in [-0.2, 0) is 14.8 Å². The first-order valence-electron chi connectivity index (χ1n) is 6.45. The zero-order chi connectivity index (χ0) is 15.0. The van der Waals surface area contributed by atoms with E-state index in [9.17, 15) is 8.42 Å². The molecule has 0 fully saturated rings. The molecule has 0 radical (unpaired) electrons. The third-order valence-corrected chi connectivity index (χ3v) is 4.15. The molecule has 1 rings (SSSR count). The quantitative estimate of drug-likeness (QED) is 0.653. The second-order valence-corrected chi connectivity index (χ2v) is 6.35. The van der Waals surface area contributed by atoms with E-state index in [0.29, 0.717) is 13.2 Å². The van der Waals surface area contributed by atoms with Crippen LogP contribution in [0.3, 0.4) is 0 Å². The summed E-state index contributed by atoms with van der Waals surface area (Å²) in [6, 6.07) is 6.59. The van der Waals surface area contributed by atoms with E-state index in [1.54, 1.807) is 31.3 Å². The summed E-state index contributed by atoms with van der Waals surface area (Å²) in [7, 11) is 2.25. The number of nitrogens with one attached hydrogen (secondary N) is 2. The van der Waals surface area contributed by atoms with Crippen molar-refractivity contribution in [1.82, 2.24) is 9.62 Å². The fraction of sp³-hybridized carbons (Fsp3) is 0.538. The lowest BCUT2D eigenvalue weighted by Crippen LogP contribution is -2.28. The first-order valence-corrected chi connectivity index (χ1v) is 7.94. The van der Waals surface area contributed by atoms with Crippen molar-refractivity contribution < 1.29 is 13.2 Å². The van der Waals surface area contributed by atoms with Crippen molar-refractivity contribution in [2.24, 2.45) is 0 Å². The number of benzene rings is 1. The third kappa shape index (κ3) is 5.87. The second kappa shape index (κ2) is 8.21. The van der Waals surface area contributed by atoms with E-state index in [1.807, 2.05) is 19.0 Å². The number of hydrogen-bond acceptors (Lipinski definition) is 5. The van der Waals surface area contributed by atoms with Gasteiger partial charge in [0.15, 0.2) is 0 Å². The molecule has 0 atom stereocenters. The predicted octanol–water partition coefficient (Wildman–Crippen LogP) is 0.585. The lowest BCUT2D eigenvalue weighted by atomic mass is 10.3. The molecule has 114 valence electrons. The molecule has 0 aromatic heterocycles. The highest BCUT2D eigenvalue weighted by atomic mass is 32.2. The number of anilines is 1. The molecule has 7 heteroatoms. The highest BCUT2D eigenvalue weighted by molar-refractivity contribution is 7.89. The maximum atomic E-state index is 12.0. The Morgan fingerprint density at radius 2 is 1.80 bits per heavy atom. The van der Waals surface area contributed by atoms with E-state index < -0.39 is 10.0 Å². The average molecular weight is 301 g/mol. The normalized spacial score (nSPS) is 11.8. The topological polar surface area (TPSA) is 70.7 Å². The lowest BCUT2D eigenvalue weighted by molar-refractivity contribution is 0.122. The van der Waals surface area contributed by atoms with Gasteiger partial charge in [-0.1, -0.05) is 0 Å². The Bertz CT molecular complexity index is 486. The van der Waals surface area contributed by atoms with Crippen molar-refractivity contribution in [2.75, 3.05) is 52.8 Å². The molecular formula is C13H23N3O3S. The Morgan fingerprint density at radius 1 is 1.15 bits per heavy atom. The summed E-state index contributed by atoms with van der Waals surface area (Å²) in [5, 5.41) is 2.94. The third-order valence-electron chi connectivity index (χ3n) is 2.67. The average Bonchev–Trinajstić information content (AvgIpc) is 2.42. The van der Waals surface area contributed by atoms with E-state index in [-0.39, 0.29) is 11.4 Å². The summed E-state index contributed by atoms with van der Waals surface area (Å²) < 4.78 is 31.8. The summed E-state index contributed by atoms with van der Waals surface area (Å²) >= 11 is 0. The van der Waals surface area contributed by atoms with Crippen LogP contribution in [0.15, 0.2) is 29.2 Å². The molecule has 1 aromatic rings. The van der Waals surface area contributed by atoms with Gasteiger partial charge in [0.05, 0.1) is 18.1 Å². The van der Waals surface area contributed by atoms with Gasteiger partial charge in [0.25, 0.3) is 0 Å². The van der Waals surface area contributed by atoms with Gasteiger partial charge in [-0.05, 0) is 38.4 Å². The Hall–Kier alpha value is -1.15. The number of nitrogens with zero attached hydrogens (tertiary/aromatic N) is 1. The second-order valence-electron chi connectivity index (χ2n) is 4.59. The van der Waals surface area contributed by atoms with E-state index in [1.165, 1.54) is 0 Å². The molecule has 0 heterocycles. The molecule has 0 aliphatic carbocycles. The summed E-state index contributed by atoms with van der Waals surface area (Å²) in [6.07, 6.45) is 0. The highest BCUT2D eigenvalue weighted by Gasteiger charge is 2.12. The van der Waals surface area contributed by atoms with Crippen molar-refractivity contribution in [1.29, 1.82) is 0 Å². The van der Waals surface area contributed by atoms with Gasteiger partial charge < -0.3 is 15.0 Å². The molecule has 0 bridgehead atoms. The zero-order valence-electron chi connectivity index (χ0n) is 12.2. The number of sulfonamides is 1. The largest absolute Gasteiger partial charge is 0.388 e. The number of likely N-dealkylation sites (N-methyl/N-ethyl adjacent to an activating group) is 1. The molecule has 0 aliphatic rings. The Balaban J connectivity index is 2.37. The first kappa shape index (κ1) is 16.9. The molecule has 6 nitrogen and oxygen atoms in total. The van der Waals surface area contributed by atoms with Gasteiger partial charge in [-0.25, -0.2) is 13.1 Å². The molecule has 0 aliphatic heterocycles. The maximum absolute atomic E-state index is 12.0. The smallest absolute Gasteiger partial charge is 0.240 e. The summed E-state index contributed by atoms with van der Waals surface area (Å²) in [6.45, 7) is 2.04. The first-order chi connectivity index (χ1) is 9.45. The van der Waals surface area contributed by atoms with Gasteiger partial charge in [-0.3, -0.25) is 0 Å². The summed E-state index contributed by atoms with van der Waals surface area (Å²) in [5.41, 5.74) is 0.871. The van der Waals surface area contributed by atoms with Gasteiger partial charge in [-0.2, -0.15) is 0 Å². The van der Waals surface area contributed by atoms with Crippen molar-refractivity contribution in [3.05, 3.63) is 24.3 Å². The van der Waals surface area contributed by atoms with E-state index in [0.717, 1.165) is 12.2 Å². The molecule has 2 N–H and O–H groups in total. The minimum atomic E-state index is -3.46. The fourth-order valence-electron chi connectivity index (χ4n) is 1.48. The van der Waals surface area contributed by atoms with Crippen LogP contribution < -0.4 is 10.0 Å². The summed E-state index contributed by atoms with van der Waals surface area (Å²) in [5.74, 6) is 0. The van der Waals surface area contributed by atoms with Gasteiger partial charge >= 0.3 is 0 Å². The van der Waals surface area contributed by atoms with Crippen LogP contribution in [0.4, 0.5) is 5.69 Å². The van der Waals surface area contributed by atoms with E-state index in [2.05, 4.69) is 10.0 Å². The minimum absolute atomic E-state index is 0.254. The number of ether oxygens (including phenoxy) is 1. The lowest BCUT2D eigenvalue weighted by Gasteiger charge is -2.10. The van der Waals surface area contributed by atoms with Crippen molar-refractivity contribution >= 4 is 15.7 Å². The van der Waals surface area contributed by atoms with Gasteiger partial charge in [-0.15, -0.1) is 0 Å². The van der Waals surface area contributed by atoms with Gasteiger partial charge in [0.2, 0.25) is 10.0 Å². The SMILES string of the molecule is CNc1ccc(S(=O)(=O)NCCOCCN(C)C)cc1. The van der Waals surface area contributed by atoms with E-state index >= 15 is 0 Å². The Labute approximate surface area is 121 Å². The number of hydrogen-bond donors (Lipinski definition) is 2. The summed E-state index contributed by atoms with van der Waals surface area (Å²) in [4.78, 5) is 2.26. The maximum Gasteiger partial charge on any atom is 0.240 e. The monoisotopic (exact) mass is 301 g/mol. The van der Waals surface area contributed by atoms with Crippen LogP contribution in [0.2, 0.25) is 0 Å². The fourth-order valence-corrected chi connectivity index (χ4v) is 2.49. The van der Waals surface area contributed by atoms with Crippen LogP contribution in [0.1, 0.15) is 0 Å². The van der Waals surface area contributed by atoms with Crippen LogP contribution in [0, 0.1) is 0 Å². The zero-order valence-corrected chi connectivity index (χ0v) is 13.0. The van der Waals surface area contributed by atoms with Crippen LogP contribution in [-0.4, -0.2) is 60.8 Å². The van der Waals surface area contributed by atoms with Crippen molar-refractivity contribution in [3.8, 4) is 0 Å². The highest BCUT2D eigenvalue weighted by Crippen LogP contribution is 2.12. The molecule has 0 saturated heterocycles. The van der Waals surface area contributed by atoms with Gasteiger partial charge in [0.1, 0.15) is 0 Å². The molecule has 0 amide bonds. The van der Waals surface area contributed by atoms with Crippen LogP contribution >= 0.6 is 0 Å². The molecule has 0 saturated carbocycles. The van der Waals surface area contributed by atoms with E-state index in [4.69, 9.17) is 4.74 Å². The molecule has 20 heavy (non-hydrogen) atoms. The van der Waals surface area contributed by atoms with Crippen LogP contribution in [0.25, 0.3) is 0 Å². The molecule has 1 aromatic carbocycles.